The number of fused-ring (bicyclic) bond motifs is 1. The molecule has 1 atom stereocenters. The Balaban J connectivity index is 1.84. The van der Waals surface area contributed by atoms with Gasteiger partial charge in [0.15, 0.2) is 5.65 Å². The number of hydrogen-bond acceptors (Lipinski definition) is 3. The molecule has 2 aromatic heterocycles. The van der Waals surface area contributed by atoms with Crippen LogP contribution >= 0.6 is 27.7 Å². The minimum Gasteiger partial charge on any atom is -0.286 e. The first-order valence-corrected chi connectivity index (χ1v) is 7.84. The van der Waals surface area contributed by atoms with E-state index in [2.05, 4.69) is 42.3 Å². The molecule has 0 saturated carbocycles. The molecule has 1 unspecified atom stereocenters. The summed E-state index contributed by atoms with van der Waals surface area (Å²) in [6, 6.07) is 4.04. The fourth-order valence-corrected chi connectivity index (χ4v) is 3.76. The van der Waals surface area contributed by atoms with Crippen molar-refractivity contribution in [1.82, 2.24) is 14.6 Å². The third-order valence-electron chi connectivity index (χ3n) is 3.17. The number of hydrogen-bond donors (Lipinski definition) is 0. The molecule has 3 heterocycles. The van der Waals surface area contributed by atoms with Crippen LogP contribution in [0.4, 0.5) is 0 Å². The topological polar surface area (TPSA) is 30.2 Å². The van der Waals surface area contributed by atoms with Gasteiger partial charge < -0.3 is 0 Å². The molecule has 5 heteroatoms. The number of thioether (sulfide) groups is 1. The maximum atomic E-state index is 4.31. The second-order valence-corrected chi connectivity index (χ2v) is 6.54. The van der Waals surface area contributed by atoms with Gasteiger partial charge in [-0.2, -0.15) is 11.8 Å². The molecular weight excluding hydrogens is 298 g/mol. The smallest absolute Gasteiger partial charge is 0.161 e. The quantitative estimate of drug-likeness (QED) is 0.853. The minimum absolute atomic E-state index is 0.768. The second-order valence-electron chi connectivity index (χ2n) is 4.48. The number of halogens is 1. The lowest BCUT2D eigenvalue weighted by Gasteiger charge is -2.20. The van der Waals surface area contributed by atoms with E-state index in [-0.39, 0.29) is 0 Å². The summed E-state index contributed by atoms with van der Waals surface area (Å²) < 4.78 is 3.15. The Morgan fingerprint density at radius 3 is 3.24 bits per heavy atom. The SMILES string of the molecule is Brc1ccn2c(CC3CCCSC3)nnc2c1. The van der Waals surface area contributed by atoms with Gasteiger partial charge in [-0.3, -0.25) is 4.40 Å². The van der Waals surface area contributed by atoms with Gasteiger partial charge in [0.2, 0.25) is 0 Å². The van der Waals surface area contributed by atoms with E-state index >= 15 is 0 Å². The first-order chi connectivity index (χ1) is 8.33. The average molecular weight is 312 g/mol. The van der Waals surface area contributed by atoms with Crippen LogP contribution in [0.5, 0.6) is 0 Å². The summed E-state index contributed by atoms with van der Waals surface area (Å²) in [5.41, 5.74) is 0.929. The Morgan fingerprint density at radius 2 is 2.41 bits per heavy atom. The van der Waals surface area contributed by atoms with E-state index in [4.69, 9.17) is 0 Å². The first-order valence-electron chi connectivity index (χ1n) is 5.90. The van der Waals surface area contributed by atoms with Gasteiger partial charge in [0.1, 0.15) is 5.82 Å². The predicted molar refractivity (Wildman–Crippen MR) is 74.4 cm³/mol. The maximum absolute atomic E-state index is 4.31. The first kappa shape index (κ1) is 11.5. The molecule has 1 fully saturated rings. The fraction of sp³-hybridized carbons (Fsp3) is 0.500. The fourth-order valence-electron chi connectivity index (χ4n) is 2.28. The Kier molecular flexibility index (Phi) is 3.38. The van der Waals surface area contributed by atoms with Crippen LogP contribution in [0.3, 0.4) is 0 Å². The number of aromatic nitrogens is 3. The van der Waals surface area contributed by atoms with Crippen molar-refractivity contribution in [3.8, 4) is 0 Å². The number of pyridine rings is 1. The Morgan fingerprint density at radius 1 is 1.47 bits per heavy atom. The molecular formula is C12H14BrN3S. The van der Waals surface area contributed by atoms with E-state index in [0.717, 1.165) is 28.3 Å². The Hall–Kier alpha value is -0.550. The van der Waals surface area contributed by atoms with Gasteiger partial charge in [-0.05, 0) is 42.4 Å². The molecule has 0 amide bonds. The molecule has 3 rings (SSSR count). The molecule has 17 heavy (non-hydrogen) atoms. The number of rotatable bonds is 2. The highest BCUT2D eigenvalue weighted by Gasteiger charge is 2.17. The molecule has 3 nitrogen and oxygen atoms in total. The van der Waals surface area contributed by atoms with Crippen molar-refractivity contribution in [2.45, 2.75) is 19.3 Å². The van der Waals surface area contributed by atoms with Crippen LogP contribution in [0.1, 0.15) is 18.7 Å². The normalized spacial score (nSPS) is 20.9. The van der Waals surface area contributed by atoms with Crippen LogP contribution in [-0.4, -0.2) is 26.1 Å². The standard InChI is InChI=1S/C12H14BrN3S/c13-10-3-4-16-11(14-15-12(16)7-10)6-9-2-1-5-17-8-9/h3-4,7,9H,1-2,5-6,8H2. The summed E-state index contributed by atoms with van der Waals surface area (Å²) in [7, 11) is 0. The van der Waals surface area contributed by atoms with E-state index in [1.54, 1.807) is 0 Å². The predicted octanol–water partition coefficient (Wildman–Crippen LogP) is 3.18. The van der Waals surface area contributed by atoms with E-state index in [1.165, 1.54) is 24.3 Å². The number of nitrogens with zero attached hydrogens (tertiary/aromatic N) is 3. The van der Waals surface area contributed by atoms with Crippen LogP contribution in [0, 0.1) is 5.92 Å². The molecule has 1 saturated heterocycles. The summed E-state index contributed by atoms with van der Waals surface area (Å²) in [6.45, 7) is 0. The zero-order valence-electron chi connectivity index (χ0n) is 9.47. The van der Waals surface area contributed by atoms with Crippen molar-refractivity contribution in [1.29, 1.82) is 0 Å². The molecule has 0 N–H and O–H groups in total. The Bertz CT molecular complexity index is 519. The molecule has 0 aliphatic carbocycles. The lowest BCUT2D eigenvalue weighted by Crippen LogP contribution is -2.14. The summed E-state index contributed by atoms with van der Waals surface area (Å²) in [6.07, 6.45) is 5.77. The van der Waals surface area contributed by atoms with E-state index in [1.807, 2.05) is 18.3 Å². The lowest BCUT2D eigenvalue weighted by atomic mass is 10.0. The highest BCUT2D eigenvalue weighted by atomic mass is 79.9. The second kappa shape index (κ2) is 4.98. The van der Waals surface area contributed by atoms with Crippen molar-refractivity contribution >= 4 is 33.3 Å². The van der Waals surface area contributed by atoms with E-state index in [0.29, 0.717) is 0 Å². The van der Waals surface area contributed by atoms with Crippen LogP contribution < -0.4 is 0 Å². The summed E-state index contributed by atoms with van der Waals surface area (Å²) >= 11 is 5.52. The van der Waals surface area contributed by atoms with E-state index < -0.39 is 0 Å². The average Bonchev–Trinajstić information content (AvgIpc) is 2.73. The van der Waals surface area contributed by atoms with Crippen LogP contribution in [0.15, 0.2) is 22.8 Å². The summed E-state index contributed by atoms with van der Waals surface area (Å²) in [5, 5.41) is 8.53. The highest BCUT2D eigenvalue weighted by Crippen LogP contribution is 2.25. The lowest BCUT2D eigenvalue weighted by molar-refractivity contribution is 0.506. The largest absolute Gasteiger partial charge is 0.286 e. The van der Waals surface area contributed by atoms with Crippen molar-refractivity contribution in [2.75, 3.05) is 11.5 Å². The summed E-state index contributed by atoms with van der Waals surface area (Å²) in [5.74, 6) is 4.46. The van der Waals surface area contributed by atoms with Crippen molar-refractivity contribution in [2.24, 2.45) is 5.92 Å². The molecule has 1 aliphatic rings. The minimum atomic E-state index is 0.768. The van der Waals surface area contributed by atoms with Crippen LogP contribution in [0.2, 0.25) is 0 Å². The molecule has 2 aromatic rings. The van der Waals surface area contributed by atoms with Crippen molar-refractivity contribution in [3.05, 3.63) is 28.6 Å². The molecule has 1 aliphatic heterocycles. The zero-order chi connectivity index (χ0) is 11.7. The highest BCUT2D eigenvalue weighted by molar-refractivity contribution is 9.10. The zero-order valence-corrected chi connectivity index (χ0v) is 11.9. The third-order valence-corrected chi connectivity index (χ3v) is 4.95. The molecule has 0 aromatic carbocycles. The molecule has 0 bridgehead atoms. The molecule has 0 radical (unpaired) electrons. The van der Waals surface area contributed by atoms with Gasteiger partial charge in [0, 0.05) is 17.1 Å². The van der Waals surface area contributed by atoms with Crippen molar-refractivity contribution < 1.29 is 0 Å². The molecule has 90 valence electrons. The maximum Gasteiger partial charge on any atom is 0.161 e. The molecule has 0 spiro atoms. The van der Waals surface area contributed by atoms with Crippen molar-refractivity contribution in [3.63, 3.8) is 0 Å². The third kappa shape index (κ3) is 2.50. The van der Waals surface area contributed by atoms with Crippen LogP contribution in [0.25, 0.3) is 5.65 Å². The van der Waals surface area contributed by atoms with Gasteiger partial charge in [-0.1, -0.05) is 15.9 Å². The van der Waals surface area contributed by atoms with Gasteiger partial charge in [-0.15, -0.1) is 10.2 Å². The van der Waals surface area contributed by atoms with Gasteiger partial charge in [0.05, 0.1) is 0 Å². The van der Waals surface area contributed by atoms with Crippen LogP contribution in [-0.2, 0) is 6.42 Å². The Labute approximate surface area is 113 Å². The van der Waals surface area contributed by atoms with Gasteiger partial charge in [-0.25, -0.2) is 0 Å². The summed E-state index contributed by atoms with van der Waals surface area (Å²) in [4.78, 5) is 0. The van der Waals surface area contributed by atoms with E-state index in [9.17, 15) is 0 Å². The monoisotopic (exact) mass is 311 g/mol. The van der Waals surface area contributed by atoms with Gasteiger partial charge >= 0.3 is 0 Å². The van der Waals surface area contributed by atoms with Gasteiger partial charge in [0.25, 0.3) is 0 Å².